The summed E-state index contributed by atoms with van der Waals surface area (Å²) in [7, 11) is 0. The molecule has 0 bridgehead atoms. The van der Waals surface area contributed by atoms with E-state index in [4.69, 9.17) is 5.53 Å². The molecule has 0 heterocycles. The van der Waals surface area contributed by atoms with E-state index >= 15 is 0 Å². The van der Waals surface area contributed by atoms with Gasteiger partial charge in [0.05, 0.1) is 0 Å². The summed E-state index contributed by atoms with van der Waals surface area (Å²) >= 11 is 0. The Morgan fingerprint density at radius 2 is 1.30 bits per heavy atom. The summed E-state index contributed by atoms with van der Waals surface area (Å²) in [5.41, 5.74) is 4.63. The molecule has 0 saturated carbocycles. The van der Waals surface area contributed by atoms with Crippen LogP contribution < -0.4 is 0 Å². The van der Waals surface area contributed by atoms with Crippen molar-refractivity contribution in [3.8, 4) is 0 Å². The fraction of sp³-hybridized carbons (Fsp3) is 0.318. The number of hydrogen-bond acceptors (Lipinski definition) is 9. The van der Waals surface area contributed by atoms with E-state index in [0.717, 1.165) is 0 Å². The van der Waals surface area contributed by atoms with Crippen molar-refractivity contribution < 1.29 is 39.9 Å². The van der Waals surface area contributed by atoms with Crippen LogP contribution in [0.1, 0.15) is 27.1 Å². The second kappa shape index (κ2) is 11.4. The highest BCUT2D eigenvalue weighted by Gasteiger charge is 2.55. The fourth-order valence-corrected chi connectivity index (χ4v) is 3.15. The fourth-order valence-electron chi connectivity index (χ4n) is 3.15. The van der Waals surface area contributed by atoms with Gasteiger partial charge < -0.3 is 25.5 Å². The van der Waals surface area contributed by atoms with Crippen molar-refractivity contribution in [1.82, 2.24) is 0 Å². The van der Waals surface area contributed by atoms with Crippen LogP contribution >= 0.6 is 0 Å². The number of rotatable bonds is 12. The molecule has 0 aromatic heterocycles. The van der Waals surface area contributed by atoms with Gasteiger partial charge in [-0.1, -0.05) is 65.8 Å². The Kier molecular flexibility index (Phi) is 8.94. The summed E-state index contributed by atoms with van der Waals surface area (Å²) in [6, 6.07) is 14.0. The van der Waals surface area contributed by atoms with Crippen LogP contribution in [0.5, 0.6) is 0 Å². The van der Waals surface area contributed by atoms with E-state index in [1.807, 2.05) is 0 Å². The lowest BCUT2D eigenvalue weighted by molar-refractivity contribution is -0.156. The molecular weight excluding hydrogens is 434 g/mol. The second-order valence-electron chi connectivity index (χ2n) is 7.20. The summed E-state index contributed by atoms with van der Waals surface area (Å²) in [6.07, 6.45) is -10.2. The van der Waals surface area contributed by atoms with Crippen LogP contribution in [0, 0.1) is 0 Å². The van der Waals surface area contributed by atoms with Crippen molar-refractivity contribution in [2.45, 2.75) is 36.4 Å². The number of aliphatic hydroxyl groups excluding tert-OH is 4. The standard InChI is InChI=1S/C22H23N3O8/c23-25-24-12-11-15(26)16(27)17(28)18(29)21(32)22(33,19(30)13-7-3-1-4-8-13)20(31)14-9-5-2-6-10-14/h1-10,16-18,21,27-29,32-33H,11-12H2/t16-,17-,18+,21+/m1/s1. The third kappa shape index (κ3) is 5.68. The molecule has 11 heteroatoms. The molecule has 2 aromatic rings. The molecule has 5 N–H and O–H groups in total. The summed E-state index contributed by atoms with van der Waals surface area (Å²) in [4.78, 5) is 40.7. The lowest BCUT2D eigenvalue weighted by Crippen LogP contribution is -2.63. The van der Waals surface area contributed by atoms with Crippen LogP contribution in [0.2, 0.25) is 0 Å². The Bertz CT molecular complexity index is 973. The highest BCUT2D eigenvalue weighted by atomic mass is 16.4. The molecule has 0 amide bonds. The molecule has 0 fully saturated rings. The smallest absolute Gasteiger partial charge is 0.219 e. The van der Waals surface area contributed by atoms with Gasteiger partial charge in [-0.15, -0.1) is 0 Å². The molecule has 0 aliphatic rings. The van der Waals surface area contributed by atoms with Crippen molar-refractivity contribution in [3.63, 3.8) is 0 Å². The van der Waals surface area contributed by atoms with Gasteiger partial charge in [0.15, 0.2) is 5.78 Å². The summed E-state index contributed by atoms with van der Waals surface area (Å²) < 4.78 is 0. The van der Waals surface area contributed by atoms with E-state index in [-0.39, 0.29) is 17.7 Å². The zero-order valence-corrected chi connectivity index (χ0v) is 17.3. The summed E-state index contributed by atoms with van der Waals surface area (Å²) in [5.74, 6) is -3.56. The minimum atomic E-state index is -3.27. The van der Waals surface area contributed by atoms with Gasteiger partial charge in [0.25, 0.3) is 0 Å². The van der Waals surface area contributed by atoms with Crippen LogP contribution in [-0.2, 0) is 4.79 Å². The Balaban J connectivity index is 2.41. The minimum Gasteiger partial charge on any atom is -0.387 e. The van der Waals surface area contributed by atoms with Crippen molar-refractivity contribution in [1.29, 1.82) is 0 Å². The monoisotopic (exact) mass is 457 g/mol. The zero-order valence-electron chi connectivity index (χ0n) is 17.3. The highest BCUT2D eigenvalue weighted by Crippen LogP contribution is 2.27. The lowest BCUT2D eigenvalue weighted by Gasteiger charge is -2.35. The molecule has 0 aliphatic heterocycles. The van der Waals surface area contributed by atoms with Crippen LogP contribution in [0.15, 0.2) is 65.8 Å². The molecule has 33 heavy (non-hydrogen) atoms. The van der Waals surface area contributed by atoms with Gasteiger partial charge in [-0.3, -0.25) is 14.4 Å². The normalized spacial score (nSPS) is 14.9. The molecule has 0 radical (unpaired) electrons. The van der Waals surface area contributed by atoms with Crippen molar-refractivity contribution in [2.24, 2.45) is 5.11 Å². The van der Waals surface area contributed by atoms with Gasteiger partial charge in [0, 0.05) is 29.0 Å². The summed E-state index contributed by atoms with van der Waals surface area (Å²) in [6.45, 7) is -0.333. The van der Waals surface area contributed by atoms with E-state index in [9.17, 15) is 39.9 Å². The molecule has 0 spiro atoms. The Morgan fingerprint density at radius 3 is 1.73 bits per heavy atom. The SMILES string of the molecule is [N-]=[N+]=NCCC(=O)[C@@H](O)[C@@H](O)[C@H](O)[C@H](O)C(O)(C(=O)c1ccccc1)C(=O)c1ccccc1. The predicted molar refractivity (Wildman–Crippen MR) is 114 cm³/mol. The van der Waals surface area contributed by atoms with Gasteiger partial charge in [0.1, 0.15) is 24.4 Å². The quantitative estimate of drug-likeness (QED) is 0.0977. The van der Waals surface area contributed by atoms with Crippen molar-refractivity contribution in [3.05, 3.63) is 82.2 Å². The Hall–Kier alpha value is -3.44. The molecule has 0 aliphatic carbocycles. The van der Waals surface area contributed by atoms with E-state index < -0.39 is 53.8 Å². The first-order valence-corrected chi connectivity index (χ1v) is 9.84. The molecular formula is C22H23N3O8. The van der Waals surface area contributed by atoms with Crippen LogP contribution in [-0.4, -0.2) is 79.4 Å². The van der Waals surface area contributed by atoms with Gasteiger partial charge in [-0.25, -0.2) is 0 Å². The molecule has 2 rings (SSSR count). The molecule has 4 atom stereocenters. The van der Waals surface area contributed by atoms with Gasteiger partial charge in [-0.2, -0.15) is 0 Å². The average Bonchev–Trinajstić information content (AvgIpc) is 2.86. The number of benzene rings is 2. The first-order chi connectivity index (χ1) is 15.7. The molecule has 0 unspecified atom stereocenters. The van der Waals surface area contributed by atoms with Crippen LogP contribution in [0.4, 0.5) is 0 Å². The zero-order chi connectivity index (χ0) is 24.6. The number of carbonyl (C=O) groups is 3. The third-order valence-corrected chi connectivity index (χ3v) is 5.04. The Labute approximate surface area is 188 Å². The Morgan fingerprint density at radius 1 is 0.848 bits per heavy atom. The number of aliphatic hydroxyl groups is 5. The van der Waals surface area contributed by atoms with Crippen LogP contribution in [0.3, 0.4) is 0 Å². The summed E-state index contributed by atoms with van der Waals surface area (Å²) in [5, 5.41) is 55.7. The highest BCUT2D eigenvalue weighted by molar-refractivity contribution is 6.23. The van der Waals surface area contributed by atoms with Crippen molar-refractivity contribution >= 4 is 17.3 Å². The third-order valence-electron chi connectivity index (χ3n) is 5.04. The maximum atomic E-state index is 13.1. The van der Waals surface area contributed by atoms with Crippen LogP contribution in [0.25, 0.3) is 10.4 Å². The second-order valence-corrected chi connectivity index (χ2v) is 7.20. The number of hydrogen-bond donors (Lipinski definition) is 5. The number of nitrogens with zero attached hydrogens (tertiary/aromatic N) is 3. The molecule has 2 aromatic carbocycles. The topological polar surface area (TPSA) is 201 Å². The maximum Gasteiger partial charge on any atom is 0.219 e. The number of Topliss-reactive ketones (excluding diaryl/α,β-unsaturated/α-hetero) is 3. The van der Waals surface area contributed by atoms with Crippen molar-refractivity contribution in [2.75, 3.05) is 6.54 Å². The number of ketones is 3. The van der Waals surface area contributed by atoms with Gasteiger partial charge in [0.2, 0.25) is 17.2 Å². The largest absolute Gasteiger partial charge is 0.387 e. The first-order valence-electron chi connectivity index (χ1n) is 9.84. The first kappa shape index (κ1) is 25.8. The minimum absolute atomic E-state index is 0.170. The molecule has 11 nitrogen and oxygen atoms in total. The van der Waals surface area contributed by atoms with Gasteiger partial charge >= 0.3 is 0 Å². The lowest BCUT2D eigenvalue weighted by atomic mass is 9.77. The maximum absolute atomic E-state index is 13.1. The average molecular weight is 457 g/mol. The number of azide groups is 1. The van der Waals surface area contributed by atoms with E-state index in [0.29, 0.717) is 0 Å². The predicted octanol–water partition coefficient (Wildman–Crippen LogP) is 0.196. The van der Waals surface area contributed by atoms with E-state index in [1.54, 1.807) is 12.1 Å². The van der Waals surface area contributed by atoms with Gasteiger partial charge in [-0.05, 0) is 5.53 Å². The van der Waals surface area contributed by atoms with E-state index in [2.05, 4.69) is 10.0 Å². The van der Waals surface area contributed by atoms with E-state index in [1.165, 1.54) is 48.5 Å². The number of carbonyl (C=O) groups excluding carboxylic acids is 3. The molecule has 174 valence electrons. The molecule has 0 saturated heterocycles.